The topological polar surface area (TPSA) is 75.7 Å². The Morgan fingerprint density at radius 3 is 2.85 bits per heavy atom. The highest BCUT2D eigenvalue weighted by Gasteiger charge is 2.21. The largest absolute Gasteiger partial charge is 0.495 e. The SMILES string of the molecule is COc1cc2ccnc(Nc3ccc(F)c(Cl)c3)c2cc1NC(=O)CCCN1CC[C@@H](OC)C1. The van der Waals surface area contributed by atoms with E-state index in [1.807, 2.05) is 18.2 Å². The number of pyridine rings is 1. The van der Waals surface area contributed by atoms with Gasteiger partial charge in [-0.25, -0.2) is 9.37 Å². The summed E-state index contributed by atoms with van der Waals surface area (Å²) in [5.74, 6) is 0.547. The van der Waals surface area contributed by atoms with Crippen LogP contribution in [0.3, 0.4) is 0 Å². The van der Waals surface area contributed by atoms with Crippen LogP contribution >= 0.6 is 11.6 Å². The zero-order valence-electron chi connectivity index (χ0n) is 19.2. The van der Waals surface area contributed by atoms with E-state index in [9.17, 15) is 9.18 Å². The van der Waals surface area contributed by atoms with Crippen LogP contribution in [0.15, 0.2) is 42.6 Å². The summed E-state index contributed by atoms with van der Waals surface area (Å²) in [6, 6.07) is 9.92. The molecule has 2 aromatic carbocycles. The smallest absolute Gasteiger partial charge is 0.224 e. The number of ether oxygens (including phenoxy) is 2. The van der Waals surface area contributed by atoms with Gasteiger partial charge in [-0.3, -0.25) is 4.79 Å². The number of nitrogens with one attached hydrogen (secondary N) is 2. The molecule has 0 saturated carbocycles. The fourth-order valence-electron chi connectivity index (χ4n) is 4.15. The van der Waals surface area contributed by atoms with Crippen LogP contribution in [0, 0.1) is 5.82 Å². The summed E-state index contributed by atoms with van der Waals surface area (Å²) in [4.78, 5) is 19.4. The molecule has 1 aliphatic heterocycles. The summed E-state index contributed by atoms with van der Waals surface area (Å²) in [5.41, 5.74) is 1.17. The Bertz CT molecular complexity index is 1180. The van der Waals surface area contributed by atoms with Gasteiger partial charge in [0, 0.05) is 43.9 Å². The van der Waals surface area contributed by atoms with Crippen LogP contribution in [-0.2, 0) is 9.53 Å². The van der Waals surface area contributed by atoms with E-state index in [2.05, 4.69) is 20.5 Å². The van der Waals surface area contributed by atoms with Crippen LogP contribution in [0.5, 0.6) is 5.75 Å². The number of rotatable bonds is 9. The predicted molar refractivity (Wildman–Crippen MR) is 133 cm³/mol. The fraction of sp³-hybridized carbons (Fsp3) is 0.360. The van der Waals surface area contributed by atoms with Gasteiger partial charge in [0.2, 0.25) is 5.91 Å². The second kappa shape index (κ2) is 11.0. The Morgan fingerprint density at radius 2 is 2.12 bits per heavy atom. The van der Waals surface area contributed by atoms with E-state index in [0.29, 0.717) is 29.4 Å². The van der Waals surface area contributed by atoms with Crippen molar-refractivity contribution in [2.45, 2.75) is 25.4 Å². The fourth-order valence-corrected chi connectivity index (χ4v) is 4.33. The highest BCUT2D eigenvalue weighted by atomic mass is 35.5. The molecular formula is C25H28ClFN4O3. The van der Waals surface area contributed by atoms with Gasteiger partial charge < -0.3 is 25.0 Å². The molecule has 0 unspecified atom stereocenters. The number of fused-ring (bicyclic) bond motifs is 1. The van der Waals surface area contributed by atoms with Crippen LogP contribution in [0.25, 0.3) is 10.8 Å². The van der Waals surface area contributed by atoms with Crippen molar-refractivity contribution in [2.75, 3.05) is 44.5 Å². The molecule has 4 rings (SSSR count). The van der Waals surface area contributed by atoms with Gasteiger partial charge in [0.05, 0.1) is 23.9 Å². The number of hydrogen-bond acceptors (Lipinski definition) is 6. The van der Waals surface area contributed by atoms with Crippen LogP contribution in [0.1, 0.15) is 19.3 Å². The lowest BCUT2D eigenvalue weighted by Crippen LogP contribution is -2.25. The number of likely N-dealkylation sites (tertiary alicyclic amines) is 1. The number of amides is 1. The number of halogens is 2. The first-order valence-electron chi connectivity index (χ1n) is 11.2. The van der Waals surface area contributed by atoms with E-state index in [-0.39, 0.29) is 17.0 Å². The third-order valence-electron chi connectivity index (χ3n) is 5.98. The standard InChI is InChI=1S/C25H28ClFN4O3/c1-33-18-8-11-31(15-18)10-3-4-24(32)30-22-14-19-16(12-23(22)34-2)7-9-28-25(19)29-17-5-6-21(27)20(26)13-17/h5-7,9,12-14,18H,3-4,8,10-11,15H2,1-2H3,(H,28,29)(H,30,32)/t18-/m1/s1. The van der Waals surface area contributed by atoms with Crippen molar-refractivity contribution in [3.05, 3.63) is 53.4 Å². The summed E-state index contributed by atoms with van der Waals surface area (Å²) in [7, 11) is 3.31. The van der Waals surface area contributed by atoms with Crippen LogP contribution in [-0.4, -0.2) is 55.7 Å². The number of benzene rings is 2. The molecule has 2 N–H and O–H groups in total. The number of hydrogen-bond donors (Lipinski definition) is 2. The second-order valence-electron chi connectivity index (χ2n) is 8.29. The first-order chi connectivity index (χ1) is 16.5. The summed E-state index contributed by atoms with van der Waals surface area (Å²) < 4.78 is 24.4. The summed E-state index contributed by atoms with van der Waals surface area (Å²) in [6.45, 7) is 2.78. The number of anilines is 3. The molecule has 1 saturated heterocycles. The molecule has 0 aliphatic carbocycles. The van der Waals surface area contributed by atoms with Crippen LogP contribution in [0.4, 0.5) is 21.6 Å². The van der Waals surface area contributed by atoms with Gasteiger partial charge in [-0.2, -0.15) is 0 Å². The average Bonchev–Trinajstić information content (AvgIpc) is 3.29. The van der Waals surface area contributed by atoms with Crippen molar-refractivity contribution in [1.29, 1.82) is 0 Å². The van der Waals surface area contributed by atoms with Crippen molar-refractivity contribution in [3.8, 4) is 5.75 Å². The first kappa shape index (κ1) is 24.2. The summed E-state index contributed by atoms with van der Waals surface area (Å²) in [5, 5.41) is 7.82. The molecule has 7 nitrogen and oxygen atoms in total. The first-order valence-corrected chi connectivity index (χ1v) is 11.6. The van der Waals surface area contributed by atoms with Gasteiger partial charge >= 0.3 is 0 Å². The minimum atomic E-state index is -0.490. The van der Waals surface area contributed by atoms with Crippen LogP contribution < -0.4 is 15.4 Å². The average molecular weight is 487 g/mol. The van der Waals surface area contributed by atoms with Gasteiger partial charge in [-0.05, 0) is 61.2 Å². The van der Waals surface area contributed by atoms with Gasteiger partial charge in [-0.1, -0.05) is 11.6 Å². The lowest BCUT2D eigenvalue weighted by atomic mass is 10.1. The monoisotopic (exact) mass is 486 g/mol. The molecule has 0 spiro atoms. The maximum Gasteiger partial charge on any atom is 0.224 e. The predicted octanol–water partition coefficient (Wildman–Crippen LogP) is 5.22. The third kappa shape index (κ3) is 5.75. The molecule has 2 heterocycles. The zero-order chi connectivity index (χ0) is 24.1. The minimum absolute atomic E-state index is 0.0199. The number of methoxy groups -OCH3 is 2. The Kier molecular flexibility index (Phi) is 7.82. The molecule has 1 aliphatic rings. The molecule has 3 aromatic rings. The molecular weight excluding hydrogens is 459 g/mol. The van der Waals surface area contributed by atoms with Gasteiger partial charge in [0.1, 0.15) is 17.4 Å². The maximum absolute atomic E-state index is 13.5. The Balaban J connectivity index is 1.47. The van der Waals surface area contributed by atoms with E-state index >= 15 is 0 Å². The Labute approximate surface area is 203 Å². The molecule has 180 valence electrons. The number of aromatic nitrogens is 1. The molecule has 0 bridgehead atoms. The molecule has 34 heavy (non-hydrogen) atoms. The van der Waals surface area contributed by atoms with Gasteiger partial charge in [0.15, 0.2) is 0 Å². The molecule has 0 radical (unpaired) electrons. The number of carbonyl (C=O) groups is 1. The normalized spacial score (nSPS) is 16.1. The quantitative estimate of drug-likeness (QED) is 0.432. The molecule has 1 aromatic heterocycles. The van der Waals surface area contributed by atoms with Crippen molar-refractivity contribution in [1.82, 2.24) is 9.88 Å². The van der Waals surface area contributed by atoms with Crippen molar-refractivity contribution >= 4 is 45.5 Å². The lowest BCUT2D eigenvalue weighted by molar-refractivity contribution is -0.116. The van der Waals surface area contributed by atoms with Gasteiger partial charge in [-0.15, -0.1) is 0 Å². The number of carbonyl (C=O) groups excluding carboxylic acids is 1. The van der Waals surface area contributed by atoms with E-state index in [1.165, 1.54) is 12.1 Å². The molecule has 1 atom stereocenters. The minimum Gasteiger partial charge on any atom is -0.495 e. The molecule has 1 amide bonds. The van der Waals surface area contributed by atoms with Crippen molar-refractivity contribution in [2.24, 2.45) is 0 Å². The second-order valence-corrected chi connectivity index (χ2v) is 8.69. The van der Waals surface area contributed by atoms with Crippen LogP contribution in [0.2, 0.25) is 5.02 Å². The lowest BCUT2D eigenvalue weighted by Gasteiger charge is -2.16. The Morgan fingerprint density at radius 1 is 1.26 bits per heavy atom. The zero-order valence-corrected chi connectivity index (χ0v) is 20.0. The van der Waals surface area contributed by atoms with Gasteiger partial charge in [0.25, 0.3) is 0 Å². The van der Waals surface area contributed by atoms with Crippen molar-refractivity contribution in [3.63, 3.8) is 0 Å². The highest BCUT2D eigenvalue weighted by Crippen LogP contribution is 2.34. The summed E-state index contributed by atoms with van der Waals surface area (Å²) >= 11 is 5.91. The summed E-state index contributed by atoms with van der Waals surface area (Å²) in [6.07, 6.45) is 4.16. The van der Waals surface area contributed by atoms with E-state index in [4.69, 9.17) is 21.1 Å². The van der Waals surface area contributed by atoms with E-state index in [1.54, 1.807) is 26.5 Å². The third-order valence-corrected chi connectivity index (χ3v) is 6.27. The Hall–Kier alpha value is -2.94. The molecule has 1 fully saturated rings. The van der Waals surface area contributed by atoms with Crippen molar-refractivity contribution < 1.29 is 18.7 Å². The maximum atomic E-state index is 13.5. The van der Waals surface area contributed by atoms with E-state index < -0.39 is 5.82 Å². The number of nitrogens with zero attached hydrogens (tertiary/aromatic N) is 2. The van der Waals surface area contributed by atoms with E-state index in [0.717, 1.165) is 43.2 Å². The highest BCUT2D eigenvalue weighted by molar-refractivity contribution is 6.31. The molecule has 9 heteroatoms.